The highest BCUT2D eigenvalue weighted by Crippen LogP contribution is 2.52. The van der Waals surface area contributed by atoms with Gasteiger partial charge >= 0.3 is 24.2 Å². The minimum absolute atomic E-state index is 0. The quantitative estimate of drug-likeness (QED) is 0.0734. The van der Waals surface area contributed by atoms with Crippen LogP contribution in [0.3, 0.4) is 0 Å². The summed E-state index contributed by atoms with van der Waals surface area (Å²) in [5.74, 6) is -0.722. The van der Waals surface area contributed by atoms with Crippen LogP contribution in [0.25, 0.3) is 0 Å². The Morgan fingerprint density at radius 3 is 1.51 bits per heavy atom. The van der Waals surface area contributed by atoms with Gasteiger partial charge in [-0.1, -0.05) is 46.0 Å². The molecule has 0 atom stereocenters. The van der Waals surface area contributed by atoms with E-state index < -0.39 is 11.6 Å². The second-order valence-electron chi connectivity index (χ2n) is 20.0. The Morgan fingerprint density at radius 2 is 0.987 bits per heavy atom. The molecule has 5 aromatic heterocycles. The summed E-state index contributed by atoms with van der Waals surface area (Å²) in [6.45, 7) is 4.96. The Morgan fingerprint density at radius 1 is 0.571 bits per heavy atom. The van der Waals surface area contributed by atoms with Gasteiger partial charge in [-0.15, -0.1) is 56.7 Å². The molecule has 0 bridgehead atoms. The number of fused-ring (bicyclic) bond motifs is 6. The van der Waals surface area contributed by atoms with E-state index in [4.69, 9.17) is 14.2 Å². The predicted octanol–water partition coefficient (Wildman–Crippen LogP) is 16.5. The SMILES string of the molecule is C.CC(=O)Nc1sccc1C1(O)CCCCC1.COC(=O)c1ccsc1NC(C)=O.Cc1cc2c(s1)NC(=O)OC21CCCCC1.O=C1Nc2sc(Br)cc2C2(CCCCC2)O1.O=C1Nc2sccc2C2(CCCCC2)O1. The third-order valence-electron chi connectivity index (χ3n) is 14.7. The van der Waals surface area contributed by atoms with Crippen molar-refractivity contribution >= 4 is 134 Å². The van der Waals surface area contributed by atoms with Gasteiger partial charge in [0.2, 0.25) is 11.8 Å². The maximum atomic E-state index is 11.6. The molecule has 8 heterocycles. The topological polar surface area (TPSA) is 220 Å². The number of amides is 5. The largest absolute Gasteiger partial charge is 0.465 e. The number of rotatable bonds is 4. The predicted molar refractivity (Wildman–Crippen MR) is 312 cm³/mol. The lowest BCUT2D eigenvalue weighted by Crippen LogP contribution is -2.40. The number of methoxy groups -OCH3 is 1. The van der Waals surface area contributed by atoms with Gasteiger partial charge in [0.05, 0.1) is 22.1 Å². The number of nitrogens with one attached hydrogen (secondary N) is 5. The molecule has 3 aliphatic heterocycles. The van der Waals surface area contributed by atoms with Crippen LogP contribution in [0.5, 0.6) is 0 Å². The number of anilines is 5. The fraction of sp³-hybridized carbons (Fsp3) is 0.527. The average molecular weight is 1220 g/mol. The first-order valence-electron chi connectivity index (χ1n) is 26.0. The van der Waals surface area contributed by atoms with Crippen molar-refractivity contribution in [3.05, 3.63) is 83.0 Å². The van der Waals surface area contributed by atoms with Crippen LogP contribution in [0.2, 0.25) is 0 Å². The number of hydrogen-bond donors (Lipinski definition) is 6. The van der Waals surface area contributed by atoms with E-state index in [2.05, 4.69) is 72.4 Å². The minimum atomic E-state index is -0.726. The Bertz CT molecular complexity index is 2780. The molecule has 16 nitrogen and oxygen atoms in total. The van der Waals surface area contributed by atoms with Gasteiger partial charge in [-0.2, -0.15) is 0 Å². The summed E-state index contributed by atoms with van der Waals surface area (Å²) < 4.78 is 22.3. The summed E-state index contributed by atoms with van der Waals surface area (Å²) in [6.07, 6.45) is 20.5. The first kappa shape index (κ1) is 59.8. The molecule has 12 rings (SSSR count). The Hall–Kier alpha value is -4.84. The molecule has 418 valence electrons. The molecule has 4 aliphatic carbocycles. The number of halogens is 1. The Kier molecular flexibility index (Phi) is 20.5. The molecule has 0 radical (unpaired) electrons. The zero-order valence-corrected chi connectivity index (χ0v) is 48.9. The van der Waals surface area contributed by atoms with Crippen LogP contribution in [0.4, 0.5) is 39.4 Å². The molecule has 5 aromatic rings. The van der Waals surface area contributed by atoms with E-state index in [1.54, 1.807) is 45.5 Å². The molecular weight excluding hydrogens is 1150 g/mol. The maximum Gasteiger partial charge on any atom is 0.413 e. The van der Waals surface area contributed by atoms with Crippen LogP contribution in [0.1, 0.15) is 187 Å². The number of esters is 1. The van der Waals surface area contributed by atoms with Crippen LogP contribution < -0.4 is 26.6 Å². The number of carbonyl (C=O) groups is 6. The van der Waals surface area contributed by atoms with Crippen LogP contribution >= 0.6 is 72.6 Å². The van der Waals surface area contributed by atoms with E-state index in [1.807, 2.05) is 16.8 Å². The molecule has 0 saturated heterocycles. The molecule has 77 heavy (non-hydrogen) atoms. The van der Waals surface area contributed by atoms with Gasteiger partial charge in [0.15, 0.2) is 0 Å². The van der Waals surface area contributed by atoms with Crippen molar-refractivity contribution in [2.75, 3.05) is 33.7 Å². The van der Waals surface area contributed by atoms with Crippen LogP contribution in [-0.4, -0.2) is 48.3 Å². The normalized spacial score (nSPS) is 19.4. The number of ether oxygens (including phenoxy) is 4. The third-order valence-corrected chi connectivity index (χ3v) is 19.7. The Balaban J connectivity index is 0.000000140. The average Bonchev–Trinajstić information content (AvgIpc) is 4.29. The summed E-state index contributed by atoms with van der Waals surface area (Å²) >= 11 is 11.0. The van der Waals surface area contributed by atoms with Crippen molar-refractivity contribution in [3.8, 4) is 0 Å². The second-order valence-corrected chi connectivity index (χ2v) is 26.5. The summed E-state index contributed by atoms with van der Waals surface area (Å²) in [5.41, 5.74) is 3.13. The van der Waals surface area contributed by atoms with Crippen molar-refractivity contribution in [3.63, 3.8) is 0 Å². The molecule has 7 aliphatic rings. The number of hydrogen-bond acceptors (Lipinski definition) is 16. The van der Waals surface area contributed by atoms with Crippen LogP contribution in [0, 0.1) is 6.92 Å². The lowest BCUT2D eigenvalue weighted by molar-refractivity contribution is -0.115. The summed E-state index contributed by atoms with van der Waals surface area (Å²) in [4.78, 5) is 68.7. The van der Waals surface area contributed by atoms with Gasteiger partial charge in [0, 0.05) is 41.0 Å². The van der Waals surface area contributed by atoms with E-state index in [0.29, 0.717) is 10.6 Å². The number of aryl methyl sites for hydroxylation is 1. The molecule has 0 aromatic carbocycles. The van der Waals surface area contributed by atoms with Crippen molar-refractivity contribution < 1.29 is 52.8 Å². The molecule has 5 amide bonds. The van der Waals surface area contributed by atoms with Crippen LogP contribution in [-0.2, 0) is 50.9 Å². The summed E-state index contributed by atoms with van der Waals surface area (Å²) in [6, 6.07) is 9.89. The molecular formula is C55H70BrN5O11S5. The molecule has 3 spiro atoms. The third kappa shape index (κ3) is 14.3. The van der Waals surface area contributed by atoms with Crippen molar-refractivity contribution in [2.45, 2.75) is 179 Å². The molecule has 6 N–H and O–H groups in total. The maximum absolute atomic E-state index is 11.6. The van der Waals surface area contributed by atoms with Gasteiger partial charge in [0.1, 0.15) is 41.8 Å². The molecule has 0 unspecified atom stereocenters. The zero-order valence-electron chi connectivity index (χ0n) is 43.2. The lowest BCUT2D eigenvalue weighted by atomic mass is 9.79. The summed E-state index contributed by atoms with van der Waals surface area (Å²) in [7, 11) is 1.30. The summed E-state index contributed by atoms with van der Waals surface area (Å²) in [5, 5.41) is 34.2. The number of carbonyl (C=O) groups excluding carboxylic acids is 6. The highest BCUT2D eigenvalue weighted by Gasteiger charge is 2.46. The van der Waals surface area contributed by atoms with Crippen molar-refractivity contribution in [1.29, 1.82) is 0 Å². The van der Waals surface area contributed by atoms with Gasteiger partial charge in [0.25, 0.3) is 0 Å². The van der Waals surface area contributed by atoms with E-state index in [1.165, 1.54) is 85.3 Å². The first-order valence-corrected chi connectivity index (χ1v) is 31.0. The highest BCUT2D eigenvalue weighted by atomic mass is 79.9. The molecule has 22 heteroatoms. The minimum Gasteiger partial charge on any atom is -0.465 e. The number of thiophene rings is 5. The van der Waals surface area contributed by atoms with E-state index in [-0.39, 0.29) is 54.3 Å². The lowest BCUT2D eigenvalue weighted by Gasteiger charge is -2.39. The highest BCUT2D eigenvalue weighted by molar-refractivity contribution is 9.11. The zero-order chi connectivity index (χ0) is 54.1. The van der Waals surface area contributed by atoms with E-state index in [0.717, 1.165) is 138 Å². The van der Waals surface area contributed by atoms with Gasteiger partial charge in [-0.3, -0.25) is 25.5 Å². The smallest absolute Gasteiger partial charge is 0.413 e. The standard InChI is InChI=1S/C12H15NO2S.C12H17NO2S.C11H12BrNO2S.C11H13NO2S.C8H9NO3S.CH4/c1-8-7-9-10(16-8)13-11(14)15-12(9)5-3-2-4-6-12;1-9(14)13-11-10(5-8-16-11)12(15)6-3-2-4-7-12;12-8-6-7-9(16-8)13-10(14)15-11(7)4-2-1-3-5-11;13-10-12-9-8(4-7-15-9)11(14-10)5-2-1-3-6-11;1-5(10)9-7-6(3-4-13-7)8(11)12-2;/h7H,2-6H2,1H3,(H,13,14);5,8,15H,2-4,6-7H2,1H3,(H,13,14);6H,1-5H2,(H,13,14);4,7H,1-3,5-6H2,(H,12,13);3-4H,1-2H3,(H,9,10);1H4. The van der Waals surface area contributed by atoms with Gasteiger partial charge in [-0.05, 0) is 159 Å². The van der Waals surface area contributed by atoms with E-state index in [9.17, 15) is 33.9 Å². The fourth-order valence-corrected chi connectivity index (χ4v) is 16.4. The molecule has 4 fully saturated rings. The second kappa shape index (κ2) is 26.4. The molecule has 4 saturated carbocycles. The van der Waals surface area contributed by atoms with Gasteiger partial charge in [-0.25, -0.2) is 19.2 Å². The monoisotopic (exact) mass is 1220 g/mol. The van der Waals surface area contributed by atoms with E-state index >= 15 is 0 Å². The Labute approximate surface area is 478 Å². The van der Waals surface area contributed by atoms with Gasteiger partial charge < -0.3 is 34.7 Å². The van der Waals surface area contributed by atoms with Crippen LogP contribution in [0.15, 0.2) is 50.3 Å². The first-order chi connectivity index (χ1) is 36.5. The van der Waals surface area contributed by atoms with Crippen molar-refractivity contribution in [2.24, 2.45) is 0 Å². The number of aliphatic hydroxyl groups is 1. The fourth-order valence-electron chi connectivity index (χ4n) is 11.2. The van der Waals surface area contributed by atoms with Crippen molar-refractivity contribution in [1.82, 2.24) is 0 Å².